The van der Waals surface area contributed by atoms with Crippen LogP contribution >= 0.6 is 0 Å². The van der Waals surface area contributed by atoms with E-state index in [1.54, 1.807) is 0 Å². The highest BCUT2D eigenvalue weighted by Gasteiger charge is 2.18. The van der Waals surface area contributed by atoms with Gasteiger partial charge in [-0.25, -0.2) is 0 Å². The van der Waals surface area contributed by atoms with E-state index >= 15 is 0 Å². The smallest absolute Gasteiger partial charge is 0.0807 e. The quantitative estimate of drug-likeness (QED) is 0.632. The van der Waals surface area contributed by atoms with Crippen LogP contribution in [0.25, 0.3) is 0 Å². The summed E-state index contributed by atoms with van der Waals surface area (Å²) in [5, 5.41) is 9.61. The zero-order chi connectivity index (χ0) is 8.55. The van der Waals surface area contributed by atoms with Gasteiger partial charge in [-0.1, -0.05) is 6.07 Å². The van der Waals surface area contributed by atoms with Gasteiger partial charge >= 0.3 is 0 Å². The van der Waals surface area contributed by atoms with Crippen molar-refractivity contribution in [2.75, 3.05) is 0 Å². The summed E-state index contributed by atoms with van der Waals surface area (Å²) in [6.07, 6.45) is 2.69. The molecular weight excluding hydrogens is 150 g/mol. The first kappa shape index (κ1) is 7.74. The van der Waals surface area contributed by atoms with Gasteiger partial charge in [0.15, 0.2) is 0 Å². The molecule has 2 heteroatoms. The molecule has 0 bridgehead atoms. The fourth-order valence-corrected chi connectivity index (χ4v) is 1.74. The van der Waals surface area contributed by atoms with Crippen molar-refractivity contribution in [3.63, 3.8) is 0 Å². The summed E-state index contributed by atoms with van der Waals surface area (Å²) < 4.78 is 0. The van der Waals surface area contributed by atoms with E-state index in [2.05, 4.69) is 4.98 Å². The molecule has 2 nitrogen and oxygen atoms in total. The highest BCUT2D eigenvalue weighted by Crippen LogP contribution is 2.27. The summed E-state index contributed by atoms with van der Waals surface area (Å²) in [6.45, 7) is 1.99. The van der Waals surface area contributed by atoms with Gasteiger partial charge in [0, 0.05) is 17.0 Å². The third-order valence-electron chi connectivity index (χ3n) is 2.40. The minimum Gasteiger partial charge on any atom is -0.388 e. The second-order valence-corrected chi connectivity index (χ2v) is 3.40. The van der Waals surface area contributed by atoms with Crippen molar-refractivity contribution in [3.8, 4) is 0 Å². The van der Waals surface area contributed by atoms with Gasteiger partial charge in [-0.3, -0.25) is 4.98 Å². The van der Waals surface area contributed by atoms with Crippen molar-refractivity contribution in [1.82, 2.24) is 4.98 Å². The molecular formula is C10H13NO. The molecule has 0 spiro atoms. The van der Waals surface area contributed by atoms with E-state index in [0.717, 1.165) is 36.2 Å². The maximum absolute atomic E-state index is 9.61. The average Bonchev–Trinajstić information content (AvgIpc) is 2.04. The van der Waals surface area contributed by atoms with E-state index in [9.17, 15) is 5.11 Å². The third kappa shape index (κ3) is 1.23. The van der Waals surface area contributed by atoms with Crippen molar-refractivity contribution >= 4 is 0 Å². The van der Waals surface area contributed by atoms with Gasteiger partial charge in [-0.15, -0.1) is 0 Å². The average molecular weight is 163 g/mol. The molecule has 0 amide bonds. The van der Waals surface area contributed by atoms with Crippen LogP contribution in [-0.4, -0.2) is 10.1 Å². The lowest BCUT2D eigenvalue weighted by Crippen LogP contribution is -2.11. The maximum Gasteiger partial charge on any atom is 0.0807 e. The zero-order valence-electron chi connectivity index (χ0n) is 7.25. The highest BCUT2D eigenvalue weighted by molar-refractivity contribution is 5.26. The lowest BCUT2D eigenvalue weighted by molar-refractivity contribution is 0.155. The normalized spacial score (nSPS) is 22.0. The van der Waals surface area contributed by atoms with Crippen LogP contribution in [0.15, 0.2) is 12.1 Å². The summed E-state index contributed by atoms with van der Waals surface area (Å²) >= 11 is 0. The Balaban J connectivity index is 2.46. The molecule has 1 aliphatic carbocycles. The molecule has 0 radical (unpaired) electrons. The number of rotatable bonds is 0. The Morgan fingerprint density at radius 1 is 1.50 bits per heavy atom. The van der Waals surface area contributed by atoms with E-state index in [1.165, 1.54) is 0 Å². The van der Waals surface area contributed by atoms with Gasteiger partial charge in [-0.2, -0.15) is 0 Å². The summed E-state index contributed by atoms with van der Waals surface area (Å²) in [6, 6.07) is 3.97. The zero-order valence-corrected chi connectivity index (χ0v) is 7.25. The molecule has 1 aliphatic rings. The molecule has 1 aromatic heterocycles. The van der Waals surface area contributed by atoms with Gasteiger partial charge in [0.2, 0.25) is 0 Å². The lowest BCUT2D eigenvalue weighted by atomic mass is 9.93. The minimum absolute atomic E-state index is 0.276. The SMILES string of the molecule is Cc1ccc2c(n1)CCC[C@H]2O. The van der Waals surface area contributed by atoms with Crippen LogP contribution in [0.1, 0.15) is 35.9 Å². The predicted octanol–water partition coefficient (Wildman–Crippen LogP) is 1.76. The van der Waals surface area contributed by atoms with Crippen LogP contribution < -0.4 is 0 Å². The van der Waals surface area contributed by atoms with Crippen molar-refractivity contribution in [1.29, 1.82) is 0 Å². The van der Waals surface area contributed by atoms with E-state index in [0.29, 0.717) is 0 Å². The third-order valence-corrected chi connectivity index (χ3v) is 2.40. The van der Waals surface area contributed by atoms with Gasteiger partial charge in [0.05, 0.1) is 6.10 Å². The lowest BCUT2D eigenvalue weighted by Gasteiger charge is -2.20. The monoisotopic (exact) mass is 163 g/mol. The topological polar surface area (TPSA) is 33.1 Å². The number of pyridine rings is 1. The molecule has 12 heavy (non-hydrogen) atoms. The van der Waals surface area contributed by atoms with Crippen LogP contribution in [0, 0.1) is 6.92 Å². The van der Waals surface area contributed by atoms with Crippen molar-refractivity contribution in [2.24, 2.45) is 0 Å². The number of aryl methyl sites for hydroxylation is 2. The molecule has 0 fully saturated rings. The van der Waals surface area contributed by atoms with Gasteiger partial charge in [0.1, 0.15) is 0 Å². The summed E-state index contributed by atoms with van der Waals surface area (Å²) in [5.41, 5.74) is 3.17. The Morgan fingerprint density at radius 3 is 3.17 bits per heavy atom. The van der Waals surface area contributed by atoms with Crippen LogP contribution in [-0.2, 0) is 6.42 Å². The second-order valence-electron chi connectivity index (χ2n) is 3.40. The standard InChI is InChI=1S/C10H13NO/c1-7-5-6-8-9(11-7)3-2-4-10(8)12/h5-6,10,12H,2-4H2,1H3/t10-/m1/s1. The number of nitrogens with zero attached hydrogens (tertiary/aromatic N) is 1. The van der Waals surface area contributed by atoms with E-state index in [4.69, 9.17) is 0 Å². The van der Waals surface area contributed by atoms with Crippen LogP contribution in [0.5, 0.6) is 0 Å². The molecule has 1 atom stereocenters. The predicted molar refractivity (Wildman–Crippen MR) is 46.9 cm³/mol. The Morgan fingerprint density at radius 2 is 2.33 bits per heavy atom. The van der Waals surface area contributed by atoms with Crippen LogP contribution in [0.4, 0.5) is 0 Å². The number of aromatic nitrogens is 1. The Kier molecular flexibility index (Phi) is 1.85. The fourth-order valence-electron chi connectivity index (χ4n) is 1.74. The summed E-state index contributed by atoms with van der Waals surface area (Å²) in [5.74, 6) is 0. The number of aliphatic hydroxyl groups excluding tert-OH is 1. The maximum atomic E-state index is 9.61. The van der Waals surface area contributed by atoms with Gasteiger partial charge < -0.3 is 5.11 Å². The minimum atomic E-state index is -0.276. The molecule has 64 valence electrons. The molecule has 0 saturated heterocycles. The van der Waals surface area contributed by atoms with Crippen molar-refractivity contribution in [3.05, 3.63) is 29.1 Å². The fraction of sp³-hybridized carbons (Fsp3) is 0.500. The first-order valence-corrected chi connectivity index (χ1v) is 4.42. The van der Waals surface area contributed by atoms with Crippen molar-refractivity contribution < 1.29 is 5.11 Å². The Labute approximate surface area is 72.3 Å². The first-order chi connectivity index (χ1) is 5.77. The van der Waals surface area contributed by atoms with Gasteiger partial charge in [-0.05, 0) is 32.3 Å². The number of aliphatic hydroxyl groups is 1. The molecule has 0 aromatic carbocycles. The molecule has 0 saturated carbocycles. The first-order valence-electron chi connectivity index (χ1n) is 4.42. The molecule has 0 unspecified atom stereocenters. The van der Waals surface area contributed by atoms with E-state index in [-0.39, 0.29) is 6.10 Å². The summed E-state index contributed by atoms with van der Waals surface area (Å²) in [4.78, 5) is 4.40. The molecule has 0 aliphatic heterocycles. The molecule has 2 rings (SSSR count). The van der Waals surface area contributed by atoms with Gasteiger partial charge in [0.25, 0.3) is 0 Å². The number of hydrogen-bond donors (Lipinski definition) is 1. The summed E-state index contributed by atoms with van der Waals surface area (Å²) in [7, 11) is 0. The van der Waals surface area contributed by atoms with Crippen LogP contribution in [0.2, 0.25) is 0 Å². The largest absolute Gasteiger partial charge is 0.388 e. The number of hydrogen-bond acceptors (Lipinski definition) is 2. The van der Waals surface area contributed by atoms with Crippen molar-refractivity contribution in [2.45, 2.75) is 32.3 Å². The second kappa shape index (κ2) is 2.87. The highest BCUT2D eigenvalue weighted by atomic mass is 16.3. The van der Waals surface area contributed by atoms with E-state index < -0.39 is 0 Å². The van der Waals surface area contributed by atoms with E-state index in [1.807, 2.05) is 19.1 Å². The molecule has 1 aromatic rings. The number of fused-ring (bicyclic) bond motifs is 1. The Hall–Kier alpha value is -0.890. The van der Waals surface area contributed by atoms with Crippen LogP contribution in [0.3, 0.4) is 0 Å². The molecule has 1 heterocycles. The molecule has 1 N–H and O–H groups in total. The Bertz CT molecular complexity index is 296.